The molecule has 0 saturated heterocycles. The average molecular weight is 318 g/mol. The first-order valence-electron chi connectivity index (χ1n) is 4.43. The minimum Gasteiger partial charge on any atom is -0.364 e. The zero-order valence-electron chi connectivity index (χ0n) is 8.31. The molecular weight excluding hydrogens is 308 g/mol. The second kappa shape index (κ2) is 5.38. The molecule has 1 aromatic rings. The van der Waals surface area contributed by atoms with Gasteiger partial charge in [-0.05, 0) is 24.6 Å². The topological polar surface area (TPSA) is 9.23 Å². The molecule has 90 valence electrons. The predicted octanol–water partition coefficient (Wildman–Crippen LogP) is 4.57. The summed E-state index contributed by atoms with van der Waals surface area (Å²) in [5.74, 6) is 0. The number of alkyl halides is 3. The fraction of sp³-hybridized carbons (Fsp3) is 0.400. The van der Waals surface area contributed by atoms with Gasteiger partial charge in [0.05, 0.1) is 6.61 Å². The molecule has 1 rings (SSSR count). The number of hydrogen-bond acceptors (Lipinski definition) is 1. The fourth-order valence-corrected chi connectivity index (χ4v) is 1.68. The number of benzene rings is 1. The molecule has 0 amide bonds. The van der Waals surface area contributed by atoms with E-state index < -0.39 is 12.3 Å². The Morgan fingerprint density at radius 3 is 2.56 bits per heavy atom. The SMILES string of the molecule is CC(OCc1ccc(Br)cc1Cl)C(F)(F)F. The summed E-state index contributed by atoms with van der Waals surface area (Å²) >= 11 is 9.04. The van der Waals surface area contributed by atoms with Crippen molar-refractivity contribution in [2.45, 2.75) is 25.8 Å². The van der Waals surface area contributed by atoms with Crippen LogP contribution >= 0.6 is 27.5 Å². The molecule has 1 nitrogen and oxygen atoms in total. The molecule has 0 saturated carbocycles. The quantitative estimate of drug-likeness (QED) is 0.793. The molecule has 0 aromatic heterocycles. The minimum atomic E-state index is -4.35. The highest BCUT2D eigenvalue weighted by molar-refractivity contribution is 9.10. The molecule has 0 spiro atoms. The van der Waals surface area contributed by atoms with E-state index in [0.717, 1.165) is 11.4 Å². The maximum atomic E-state index is 12.2. The van der Waals surface area contributed by atoms with Crippen molar-refractivity contribution in [2.24, 2.45) is 0 Å². The number of rotatable bonds is 3. The Kier molecular flexibility index (Phi) is 4.64. The zero-order valence-corrected chi connectivity index (χ0v) is 10.7. The molecule has 1 atom stereocenters. The van der Waals surface area contributed by atoms with E-state index in [1.165, 1.54) is 0 Å². The molecule has 0 aliphatic carbocycles. The van der Waals surface area contributed by atoms with E-state index in [2.05, 4.69) is 20.7 Å². The van der Waals surface area contributed by atoms with Crippen LogP contribution in [-0.4, -0.2) is 12.3 Å². The third kappa shape index (κ3) is 3.96. The van der Waals surface area contributed by atoms with E-state index in [-0.39, 0.29) is 6.61 Å². The molecule has 1 unspecified atom stereocenters. The molecule has 0 fully saturated rings. The van der Waals surface area contributed by atoms with Gasteiger partial charge in [0.2, 0.25) is 0 Å². The third-order valence-electron chi connectivity index (χ3n) is 1.96. The predicted molar refractivity (Wildman–Crippen MR) is 59.5 cm³/mol. The van der Waals surface area contributed by atoms with Crippen LogP contribution in [0.1, 0.15) is 12.5 Å². The lowest BCUT2D eigenvalue weighted by Gasteiger charge is -2.16. The average Bonchev–Trinajstić information content (AvgIpc) is 2.14. The van der Waals surface area contributed by atoms with Crippen LogP contribution in [-0.2, 0) is 11.3 Å². The van der Waals surface area contributed by atoms with Crippen molar-refractivity contribution in [1.82, 2.24) is 0 Å². The summed E-state index contributed by atoms with van der Waals surface area (Å²) in [6, 6.07) is 4.93. The van der Waals surface area contributed by atoms with Gasteiger partial charge in [-0.1, -0.05) is 33.6 Å². The van der Waals surface area contributed by atoms with Crippen molar-refractivity contribution in [3.63, 3.8) is 0 Å². The second-order valence-corrected chi connectivity index (χ2v) is 4.55. The molecule has 0 radical (unpaired) electrons. The summed E-state index contributed by atoms with van der Waals surface area (Å²) in [6.07, 6.45) is -6.14. The molecule has 0 N–H and O–H groups in total. The number of ether oxygens (including phenoxy) is 1. The Morgan fingerprint density at radius 1 is 1.44 bits per heavy atom. The van der Waals surface area contributed by atoms with Crippen LogP contribution in [0.2, 0.25) is 5.02 Å². The highest BCUT2D eigenvalue weighted by Gasteiger charge is 2.36. The summed E-state index contributed by atoms with van der Waals surface area (Å²) in [5.41, 5.74) is 0.529. The summed E-state index contributed by atoms with van der Waals surface area (Å²) in [7, 11) is 0. The summed E-state index contributed by atoms with van der Waals surface area (Å²) < 4.78 is 41.9. The van der Waals surface area contributed by atoms with E-state index in [1.807, 2.05) is 0 Å². The molecule has 0 heterocycles. The van der Waals surface area contributed by atoms with Gasteiger partial charge in [0.1, 0.15) is 0 Å². The van der Waals surface area contributed by atoms with Crippen molar-refractivity contribution in [1.29, 1.82) is 0 Å². The Bertz CT molecular complexity index is 368. The van der Waals surface area contributed by atoms with Crippen LogP contribution in [0.4, 0.5) is 13.2 Å². The van der Waals surface area contributed by atoms with Gasteiger partial charge >= 0.3 is 6.18 Å². The lowest BCUT2D eigenvalue weighted by Crippen LogP contribution is -2.28. The van der Waals surface area contributed by atoms with E-state index in [9.17, 15) is 13.2 Å². The van der Waals surface area contributed by atoms with Gasteiger partial charge in [0.15, 0.2) is 6.10 Å². The van der Waals surface area contributed by atoms with E-state index in [0.29, 0.717) is 10.6 Å². The molecular formula is C10H9BrClF3O. The van der Waals surface area contributed by atoms with E-state index in [1.54, 1.807) is 18.2 Å². The first-order valence-corrected chi connectivity index (χ1v) is 5.60. The molecule has 0 aliphatic rings. The normalized spacial score (nSPS) is 13.9. The van der Waals surface area contributed by atoms with Crippen LogP contribution in [0.3, 0.4) is 0 Å². The highest BCUT2D eigenvalue weighted by atomic mass is 79.9. The number of hydrogen-bond donors (Lipinski definition) is 0. The highest BCUT2D eigenvalue weighted by Crippen LogP contribution is 2.26. The minimum absolute atomic E-state index is 0.160. The van der Waals surface area contributed by atoms with Crippen molar-refractivity contribution >= 4 is 27.5 Å². The molecule has 1 aromatic carbocycles. The van der Waals surface area contributed by atoms with Gasteiger partial charge in [-0.25, -0.2) is 0 Å². The van der Waals surface area contributed by atoms with E-state index >= 15 is 0 Å². The first kappa shape index (κ1) is 13.8. The molecule has 0 aliphatic heterocycles. The Labute approximate surface area is 105 Å². The standard InChI is InChI=1S/C10H9BrClF3O/c1-6(10(13,14)15)16-5-7-2-3-8(11)4-9(7)12/h2-4,6H,5H2,1H3. The monoisotopic (exact) mass is 316 g/mol. The van der Waals surface area contributed by atoms with Gasteiger partial charge in [0, 0.05) is 9.50 Å². The van der Waals surface area contributed by atoms with Gasteiger partial charge in [-0.3, -0.25) is 0 Å². The number of halogens is 5. The maximum absolute atomic E-state index is 12.2. The third-order valence-corrected chi connectivity index (χ3v) is 2.81. The Morgan fingerprint density at radius 2 is 2.06 bits per heavy atom. The Balaban J connectivity index is 2.62. The molecule has 16 heavy (non-hydrogen) atoms. The lowest BCUT2D eigenvalue weighted by molar-refractivity contribution is -0.217. The molecule has 6 heteroatoms. The van der Waals surface area contributed by atoms with Crippen molar-refractivity contribution in [3.8, 4) is 0 Å². The Hall–Kier alpha value is -0.260. The van der Waals surface area contributed by atoms with Gasteiger partial charge in [-0.2, -0.15) is 13.2 Å². The summed E-state index contributed by atoms with van der Waals surface area (Å²) in [6.45, 7) is 0.805. The maximum Gasteiger partial charge on any atom is 0.414 e. The largest absolute Gasteiger partial charge is 0.414 e. The lowest BCUT2D eigenvalue weighted by atomic mass is 10.2. The van der Waals surface area contributed by atoms with Gasteiger partial charge < -0.3 is 4.74 Å². The van der Waals surface area contributed by atoms with Crippen LogP contribution in [0.5, 0.6) is 0 Å². The van der Waals surface area contributed by atoms with Gasteiger partial charge in [-0.15, -0.1) is 0 Å². The summed E-state index contributed by atoms with van der Waals surface area (Å²) in [5, 5.41) is 0.378. The molecule has 0 bridgehead atoms. The summed E-state index contributed by atoms with van der Waals surface area (Å²) in [4.78, 5) is 0. The van der Waals surface area contributed by atoms with Gasteiger partial charge in [0.25, 0.3) is 0 Å². The van der Waals surface area contributed by atoms with Crippen LogP contribution < -0.4 is 0 Å². The van der Waals surface area contributed by atoms with Crippen LogP contribution in [0.25, 0.3) is 0 Å². The fourth-order valence-electron chi connectivity index (χ4n) is 0.948. The van der Waals surface area contributed by atoms with Crippen LogP contribution in [0, 0.1) is 0 Å². The smallest absolute Gasteiger partial charge is 0.364 e. The van der Waals surface area contributed by atoms with E-state index in [4.69, 9.17) is 11.6 Å². The second-order valence-electron chi connectivity index (χ2n) is 3.23. The first-order chi connectivity index (χ1) is 7.30. The van der Waals surface area contributed by atoms with Crippen molar-refractivity contribution in [3.05, 3.63) is 33.3 Å². The zero-order chi connectivity index (χ0) is 12.3. The van der Waals surface area contributed by atoms with Crippen molar-refractivity contribution < 1.29 is 17.9 Å². The van der Waals surface area contributed by atoms with Crippen LogP contribution in [0.15, 0.2) is 22.7 Å². The van der Waals surface area contributed by atoms with Crippen molar-refractivity contribution in [2.75, 3.05) is 0 Å².